The van der Waals surface area contributed by atoms with Crippen LogP contribution < -0.4 is 20.1 Å². The van der Waals surface area contributed by atoms with E-state index in [2.05, 4.69) is 15.7 Å². The third-order valence-corrected chi connectivity index (χ3v) is 5.30. The summed E-state index contributed by atoms with van der Waals surface area (Å²) in [4.78, 5) is 38.9. The van der Waals surface area contributed by atoms with Crippen molar-refractivity contribution in [2.75, 3.05) is 18.7 Å². The second-order valence-corrected chi connectivity index (χ2v) is 7.23. The van der Waals surface area contributed by atoms with Gasteiger partial charge in [-0.15, -0.1) is 0 Å². The number of carbonyl (C=O) groups is 3. The molecule has 10 nitrogen and oxygen atoms in total. The zero-order valence-corrected chi connectivity index (χ0v) is 16.5. The first-order valence-electron chi connectivity index (χ1n) is 9.05. The number of urea groups is 1. The first-order chi connectivity index (χ1) is 13.7. The maximum Gasteiger partial charge on any atom is 0.325 e. The first kappa shape index (κ1) is 18.8. The van der Waals surface area contributed by atoms with Crippen molar-refractivity contribution < 1.29 is 23.9 Å². The summed E-state index contributed by atoms with van der Waals surface area (Å²) in [5.74, 6) is 0.0795. The topological polar surface area (TPSA) is 115 Å². The average Bonchev–Trinajstić information content (AvgIpc) is 3.30. The number of benzene rings is 1. The summed E-state index contributed by atoms with van der Waals surface area (Å²) in [5, 5.41) is 9.65. The lowest BCUT2D eigenvalue weighted by atomic mass is 9.91. The Bertz CT molecular complexity index is 1050. The van der Waals surface area contributed by atoms with Crippen LogP contribution in [0.2, 0.25) is 0 Å². The van der Waals surface area contributed by atoms with Gasteiger partial charge in [0.2, 0.25) is 12.7 Å². The van der Waals surface area contributed by atoms with Gasteiger partial charge in [-0.05, 0) is 38.5 Å². The van der Waals surface area contributed by atoms with E-state index in [4.69, 9.17) is 9.47 Å². The minimum atomic E-state index is -1.31. The number of nitrogens with zero attached hydrogens (tertiary/aromatic N) is 3. The van der Waals surface area contributed by atoms with E-state index in [9.17, 15) is 14.4 Å². The quantitative estimate of drug-likeness (QED) is 0.746. The van der Waals surface area contributed by atoms with Gasteiger partial charge in [-0.1, -0.05) is 6.07 Å². The van der Waals surface area contributed by atoms with Gasteiger partial charge < -0.3 is 20.1 Å². The number of aryl methyl sites for hydroxylation is 2. The number of rotatable bonds is 4. The highest BCUT2D eigenvalue weighted by molar-refractivity contribution is 6.10. The Morgan fingerprint density at radius 3 is 2.69 bits per heavy atom. The van der Waals surface area contributed by atoms with Crippen molar-refractivity contribution in [1.29, 1.82) is 0 Å². The molecule has 2 aromatic rings. The summed E-state index contributed by atoms with van der Waals surface area (Å²) in [7, 11) is 1.77. The molecule has 1 atom stereocenters. The Morgan fingerprint density at radius 2 is 2.00 bits per heavy atom. The van der Waals surface area contributed by atoms with Crippen LogP contribution in [0.5, 0.6) is 11.5 Å². The molecule has 0 spiro atoms. The zero-order chi connectivity index (χ0) is 20.9. The number of imide groups is 1. The molecule has 1 saturated heterocycles. The second kappa shape index (κ2) is 6.50. The van der Waals surface area contributed by atoms with E-state index in [1.165, 1.54) is 0 Å². The first-order valence-corrected chi connectivity index (χ1v) is 9.05. The maximum absolute atomic E-state index is 13.0. The molecule has 10 heteroatoms. The van der Waals surface area contributed by atoms with Gasteiger partial charge in [0, 0.05) is 7.05 Å². The van der Waals surface area contributed by atoms with Crippen molar-refractivity contribution in [3.63, 3.8) is 0 Å². The number of aromatic nitrogens is 2. The van der Waals surface area contributed by atoms with Crippen LogP contribution in [0, 0.1) is 13.8 Å². The van der Waals surface area contributed by atoms with E-state index in [1.54, 1.807) is 43.8 Å². The van der Waals surface area contributed by atoms with Crippen LogP contribution in [-0.4, -0.2) is 45.9 Å². The van der Waals surface area contributed by atoms with Gasteiger partial charge in [0.05, 0.1) is 17.1 Å². The molecule has 0 bridgehead atoms. The molecule has 2 N–H and O–H groups in total. The number of carbonyl (C=O) groups excluding carboxylic acids is 3. The van der Waals surface area contributed by atoms with Crippen molar-refractivity contribution in [2.24, 2.45) is 7.05 Å². The van der Waals surface area contributed by atoms with Gasteiger partial charge in [-0.2, -0.15) is 5.10 Å². The number of fused-ring (bicyclic) bond motifs is 1. The smallest absolute Gasteiger partial charge is 0.325 e. The van der Waals surface area contributed by atoms with Gasteiger partial charge in [0.15, 0.2) is 11.5 Å². The Hall–Kier alpha value is -3.56. The normalized spacial score (nSPS) is 20.2. The summed E-state index contributed by atoms with van der Waals surface area (Å²) < 4.78 is 12.3. The molecule has 29 heavy (non-hydrogen) atoms. The molecule has 0 radical (unpaired) electrons. The van der Waals surface area contributed by atoms with Crippen LogP contribution in [0.3, 0.4) is 0 Å². The highest BCUT2D eigenvalue weighted by atomic mass is 16.7. The molecule has 1 aromatic heterocycles. The van der Waals surface area contributed by atoms with Gasteiger partial charge in [-0.3, -0.25) is 19.2 Å². The Kier molecular flexibility index (Phi) is 4.21. The largest absolute Gasteiger partial charge is 0.454 e. The number of nitrogens with one attached hydrogen (secondary N) is 2. The lowest BCUT2D eigenvalue weighted by Gasteiger charge is -2.22. The molecule has 0 unspecified atom stereocenters. The van der Waals surface area contributed by atoms with Crippen molar-refractivity contribution in [3.8, 4) is 11.5 Å². The highest BCUT2D eigenvalue weighted by Gasteiger charge is 2.50. The Balaban J connectivity index is 1.53. The summed E-state index contributed by atoms with van der Waals surface area (Å²) in [5.41, 5.74) is 1.24. The molecule has 0 aliphatic carbocycles. The maximum atomic E-state index is 13.0. The predicted molar refractivity (Wildman–Crippen MR) is 101 cm³/mol. The summed E-state index contributed by atoms with van der Waals surface area (Å²) in [6.45, 7) is 4.89. The summed E-state index contributed by atoms with van der Waals surface area (Å²) in [6, 6.07) is 4.40. The fourth-order valence-corrected chi connectivity index (χ4v) is 3.52. The summed E-state index contributed by atoms with van der Waals surface area (Å²) >= 11 is 0. The molecule has 1 fully saturated rings. The zero-order valence-electron chi connectivity index (χ0n) is 16.5. The van der Waals surface area contributed by atoms with Crippen LogP contribution in [0.4, 0.5) is 10.5 Å². The van der Waals surface area contributed by atoms with E-state index in [1.807, 2.05) is 6.92 Å². The standard InChI is InChI=1S/C19H21N5O5/c1-10-16(11(2)23(4)22-10)20-15(25)8-24-17(26)19(3,21-18(24)27)12-5-6-13-14(7-12)29-9-28-13/h5-7H,8-9H2,1-4H3,(H,20,25)(H,21,27)/t19-/m0/s1. The molecule has 2 aliphatic rings. The van der Waals surface area contributed by atoms with Crippen LogP contribution >= 0.6 is 0 Å². The monoisotopic (exact) mass is 399 g/mol. The van der Waals surface area contributed by atoms with E-state index < -0.39 is 29.9 Å². The molecule has 4 amide bonds. The van der Waals surface area contributed by atoms with Gasteiger partial charge in [-0.25, -0.2) is 4.79 Å². The highest BCUT2D eigenvalue weighted by Crippen LogP contribution is 2.37. The van der Waals surface area contributed by atoms with Crippen molar-refractivity contribution in [1.82, 2.24) is 20.0 Å². The van der Waals surface area contributed by atoms with Crippen LogP contribution in [0.25, 0.3) is 0 Å². The van der Waals surface area contributed by atoms with Gasteiger partial charge in [0.1, 0.15) is 12.1 Å². The molecule has 152 valence electrons. The number of ether oxygens (including phenoxy) is 2. The molecule has 2 aliphatic heterocycles. The lowest BCUT2D eigenvalue weighted by molar-refractivity contribution is -0.133. The number of hydrogen-bond donors (Lipinski definition) is 2. The second-order valence-electron chi connectivity index (χ2n) is 7.23. The minimum Gasteiger partial charge on any atom is -0.454 e. The molecular weight excluding hydrogens is 378 g/mol. The van der Waals surface area contributed by atoms with Crippen LogP contribution in [0.15, 0.2) is 18.2 Å². The third-order valence-electron chi connectivity index (χ3n) is 5.30. The molecule has 0 saturated carbocycles. The average molecular weight is 399 g/mol. The van der Waals surface area contributed by atoms with Crippen molar-refractivity contribution in [3.05, 3.63) is 35.2 Å². The lowest BCUT2D eigenvalue weighted by Crippen LogP contribution is -2.42. The fraction of sp³-hybridized carbons (Fsp3) is 0.368. The SMILES string of the molecule is Cc1nn(C)c(C)c1NC(=O)CN1C(=O)N[C@@](C)(c2ccc3c(c2)OCO3)C1=O. The molecule has 4 rings (SSSR count). The minimum absolute atomic E-state index is 0.106. The number of hydrogen-bond acceptors (Lipinski definition) is 6. The molecule has 3 heterocycles. The van der Waals surface area contributed by atoms with Gasteiger partial charge in [0.25, 0.3) is 5.91 Å². The van der Waals surface area contributed by atoms with Crippen molar-refractivity contribution in [2.45, 2.75) is 26.3 Å². The third kappa shape index (κ3) is 2.96. The molecular formula is C19H21N5O5. The Labute approximate surface area is 166 Å². The van der Waals surface area contributed by atoms with E-state index in [0.717, 1.165) is 10.6 Å². The number of anilines is 1. The van der Waals surface area contributed by atoms with E-state index in [-0.39, 0.29) is 6.79 Å². The Morgan fingerprint density at radius 1 is 1.28 bits per heavy atom. The molecule has 1 aromatic carbocycles. The van der Waals surface area contributed by atoms with Crippen molar-refractivity contribution >= 4 is 23.5 Å². The summed E-state index contributed by atoms with van der Waals surface area (Å²) in [6.07, 6.45) is 0. The fourth-order valence-electron chi connectivity index (χ4n) is 3.52. The predicted octanol–water partition coefficient (Wildman–Crippen LogP) is 1.17. The van der Waals surface area contributed by atoms with Gasteiger partial charge >= 0.3 is 6.03 Å². The van der Waals surface area contributed by atoms with Crippen LogP contribution in [0.1, 0.15) is 23.9 Å². The van der Waals surface area contributed by atoms with E-state index >= 15 is 0 Å². The van der Waals surface area contributed by atoms with E-state index in [0.29, 0.717) is 28.4 Å². The number of amides is 4. The van der Waals surface area contributed by atoms with Crippen LogP contribution in [-0.2, 0) is 22.2 Å².